The molecule has 0 aliphatic rings. The number of aryl methyl sites for hydroxylation is 2. The zero-order valence-electron chi connectivity index (χ0n) is 10.3. The lowest BCUT2D eigenvalue weighted by Crippen LogP contribution is -2.15. The SMILES string of the molecule is Cc1cc(-c2nc(N)nc(N(C)C)n2)n(C)n1. The fourth-order valence-corrected chi connectivity index (χ4v) is 1.52. The maximum atomic E-state index is 5.67. The highest BCUT2D eigenvalue weighted by atomic mass is 15.3. The summed E-state index contributed by atoms with van der Waals surface area (Å²) in [6, 6.07) is 1.91. The number of hydrogen-bond donors (Lipinski definition) is 1. The summed E-state index contributed by atoms with van der Waals surface area (Å²) in [5.74, 6) is 1.27. The molecule has 0 unspecified atom stereocenters. The van der Waals surface area contributed by atoms with Crippen molar-refractivity contribution in [1.82, 2.24) is 24.7 Å². The average Bonchev–Trinajstić information content (AvgIpc) is 2.57. The zero-order valence-corrected chi connectivity index (χ0v) is 10.3. The molecule has 2 rings (SSSR count). The van der Waals surface area contributed by atoms with Crippen LogP contribution in [0.3, 0.4) is 0 Å². The van der Waals surface area contributed by atoms with Crippen LogP contribution in [-0.4, -0.2) is 38.8 Å². The Bertz CT molecular complexity index is 544. The van der Waals surface area contributed by atoms with E-state index in [0.717, 1.165) is 11.4 Å². The van der Waals surface area contributed by atoms with Gasteiger partial charge in [-0.2, -0.15) is 20.1 Å². The molecule has 0 amide bonds. The van der Waals surface area contributed by atoms with Crippen molar-refractivity contribution in [3.8, 4) is 11.5 Å². The molecule has 17 heavy (non-hydrogen) atoms. The smallest absolute Gasteiger partial charge is 0.230 e. The van der Waals surface area contributed by atoms with Crippen LogP contribution in [0.1, 0.15) is 5.69 Å². The van der Waals surface area contributed by atoms with Gasteiger partial charge in [-0.1, -0.05) is 0 Å². The molecule has 2 aromatic heterocycles. The van der Waals surface area contributed by atoms with E-state index in [1.807, 2.05) is 34.1 Å². The number of nitrogens with zero attached hydrogens (tertiary/aromatic N) is 6. The maximum absolute atomic E-state index is 5.67. The van der Waals surface area contributed by atoms with E-state index in [0.29, 0.717) is 11.8 Å². The fraction of sp³-hybridized carbons (Fsp3) is 0.400. The number of nitrogen functional groups attached to an aromatic ring is 1. The predicted octanol–water partition coefficient (Wildman–Crippen LogP) is 0.229. The third-order valence-corrected chi connectivity index (χ3v) is 2.27. The van der Waals surface area contributed by atoms with E-state index in [-0.39, 0.29) is 5.95 Å². The Hall–Kier alpha value is -2.18. The van der Waals surface area contributed by atoms with E-state index < -0.39 is 0 Å². The van der Waals surface area contributed by atoms with Gasteiger partial charge in [-0.3, -0.25) is 4.68 Å². The van der Waals surface area contributed by atoms with Crippen molar-refractivity contribution in [1.29, 1.82) is 0 Å². The van der Waals surface area contributed by atoms with Crippen LogP contribution in [0.15, 0.2) is 6.07 Å². The molecule has 90 valence electrons. The Labute approximate surface area is 99.3 Å². The fourth-order valence-electron chi connectivity index (χ4n) is 1.52. The van der Waals surface area contributed by atoms with Gasteiger partial charge in [0.1, 0.15) is 5.69 Å². The van der Waals surface area contributed by atoms with E-state index in [1.54, 1.807) is 9.58 Å². The van der Waals surface area contributed by atoms with Crippen molar-refractivity contribution >= 4 is 11.9 Å². The lowest BCUT2D eigenvalue weighted by molar-refractivity contribution is 0.757. The van der Waals surface area contributed by atoms with Gasteiger partial charge in [0.2, 0.25) is 11.9 Å². The quantitative estimate of drug-likeness (QED) is 0.799. The van der Waals surface area contributed by atoms with Crippen LogP contribution >= 0.6 is 0 Å². The average molecular weight is 233 g/mol. The molecular formula is C10H15N7. The molecule has 7 heteroatoms. The summed E-state index contributed by atoms with van der Waals surface area (Å²) in [5.41, 5.74) is 7.40. The van der Waals surface area contributed by atoms with Crippen LogP contribution < -0.4 is 10.6 Å². The number of aromatic nitrogens is 5. The van der Waals surface area contributed by atoms with Crippen LogP contribution in [0.25, 0.3) is 11.5 Å². The van der Waals surface area contributed by atoms with Gasteiger partial charge in [-0.25, -0.2) is 0 Å². The van der Waals surface area contributed by atoms with Crippen molar-refractivity contribution < 1.29 is 0 Å². The lowest BCUT2D eigenvalue weighted by Gasteiger charge is -2.11. The number of rotatable bonds is 2. The minimum Gasteiger partial charge on any atom is -0.368 e. The Balaban J connectivity index is 2.55. The van der Waals surface area contributed by atoms with Crippen LogP contribution in [0, 0.1) is 6.92 Å². The molecule has 7 nitrogen and oxygen atoms in total. The van der Waals surface area contributed by atoms with Crippen molar-refractivity contribution in [2.45, 2.75) is 6.92 Å². The molecule has 0 radical (unpaired) electrons. The normalized spacial score (nSPS) is 10.6. The summed E-state index contributed by atoms with van der Waals surface area (Å²) >= 11 is 0. The summed E-state index contributed by atoms with van der Waals surface area (Å²) < 4.78 is 1.73. The minimum atomic E-state index is 0.206. The molecule has 0 aliphatic carbocycles. The second-order valence-corrected chi connectivity index (χ2v) is 4.01. The van der Waals surface area contributed by atoms with Gasteiger partial charge < -0.3 is 10.6 Å². The molecule has 0 saturated heterocycles. The Morgan fingerprint density at radius 2 is 1.94 bits per heavy atom. The molecule has 2 N–H and O–H groups in total. The number of nitrogens with two attached hydrogens (primary N) is 1. The van der Waals surface area contributed by atoms with E-state index in [4.69, 9.17) is 5.73 Å². The van der Waals surface area contributed by atoms with Gasteiger partial charge in [0.15, 0.2) is 5.82 Å². The summed E-state index contributed by atoms with van der Waals surface area (Å²) in [7, 11) is 5.55. The molecule has 0 spiro atoms. The molecule has 0 saturated carbocycles. The molecule has 0 aliphatic heterocycles. The van der Waals surface area contributed by atoms with E-state index >= 15 is 0 Å². The maximum Gasteiger partial charge on any atom is 0.230 e. The van der Waals surface area contributed by atoms with Gasteiger partial charge in [0.05, 0.1) is 5.69 Å². The van der Waals surface area contributed by atoms with Crippen LogP contribution in [0.5, 0.6) is 0 Å². The molecule has 0 aromatic carbocycles. The largest absolute Gasteiger partial charge is 0.368 e. The standard InChI is InChI=1S/C10H15N7/c1-6-5-7(17(4)15-6)8-12-9(11)14-10(13-8)16(2)3/h5H,1-4H3,(H2,11,12,13,14). The highest BCUT2D eigenvalue weighted by molar-refractivity contribution is 5.54. The van der Waals surface area contributed by atoms with Gasteiger partial charge in [0, 0.05) is 21.1 Å². The van der Waals surface area contributed by atoms with Gasteiger partial charge >= 0.3 is 0 Å². The Morgan fingerprint density at radius 3 is 2.47 bits per heavy atom. The van der Waals surface area contributed by atoms with Crippen molar-refractivity contribution in [2.24, 2.45) is 7.05 Å². The number of hydrogen-bond acceptors (Lipinski definition) is 6. The van der Waals surface area contributed by atoms with Crippen molar-refractivity contribution in [3.05, 3.63) is 11.8 Å². The first-order valence-corrected chi connectivity index (χ1v) is 5.17. The van der Waals surface area contributed by atoms with Crippen LogP contribution in [0.4, 0.5) is 11.9 Å². The molecular weight excluding hydrogens is 218 g/mol. The molecule has 0 bridgehead atoms. The molecule has 2 aromatic rings. The predicted molar refractivity (Wildman–Crippen MR) is 65.5 cm³/mol. The van der Waals surface area contributed by atoms with Crippen LogP contribution in [-0.2, 0) is 7.05 Å². The van der Waals surface area contributed by atoms with Crippen LogP contribution in [0.2, 0.25) is 0 Å². The first kappa shape index (κ1) is 11.3. The highest BCUT2D eigenvalue weighted by Crippen LogP contribution is 2.18. The number of anilines is 2. The third kappa shape index (κ3) is 2.17. The highest BCUT2D eigenvalue weighted by Gasteiger charge is 2.12. The summed E-state index contributed by atoms with van der Waals surface area (Å²) in [5, 5.41) is 4.25. The first-order valence-electron chi connectivity index (χ1n) is 5.17. The van der Waals surface area contributed by atoms with E-state index in [9.17, 15) is 0 Å². The third-order valence-electron chi connectivity index (χ3n) is 2.27. The molecule has 0 atom stereocenters. The Kier molecular flexibility index (Phi) is 2.66. The minimum absolute atomic E-state index is 0.206. The van der Waals surface area contributed by atoms with E-state index in [2.05, 4.69) is 20.1 Å². The zero-order chi connectivity index (χ0) is 12.6. The first-order chi connectivity index (χ1) is 7.97. The summed E-state index contributed by atoms with van der Waals surface area (Å²) in [6.07, 6.45) is 0. The molecule has 2 heterocycles. The van der Waals surface area contributed by atoms with Gasteiger partial charge in [-0.15, -0.1) is 0 Å². The summed E-state index contributed by atoms with van der Waals surface area (Å²) in [6.45, 7) is 1.92. The topological polar surface area (TPSA) is 85.8 Å². The monoisotopic (exact) mass is 233 g/mol. The Morgan fingerprint density at radius 1 is 1.24 bits per heavy atom. The second-order valence-electron chi connectivity index (χ2n) is 4.01. The van der Waals surface area contributed by atoms with Crippen molar-refractivity contribution in [3.63, 3.8) is 0 Å². The van der Waals surface area contributed by atoms with Gasteiger partial charge in [0.25, 0.3) is 0 Å². The van der Waals surface area contributed by atoms with Gasteiger partial charge in [-0.05, 0) is 13.0 Å². The second kappa shape index (κ2) is 4.00. The molecule has 0 fully saturated rings. The van der Waals surface area contributed by atoms with Crippen molar-refractivity contribution in [2.75, 3.05) is 24.7 Å². The van der Waals surface area contributed by atoms with E-state index in [1.165, 1.54) is 0 Å². The lowest BCUT2D eigenvalue weighted by atomic mass is 10.3. The summed E-state index contributed by atoms with van der Waals surface area (Å²) in [4.78, 5) is 14.3.